The Hall–Kier alpha value is -3.39. The molecule has 2 amide bonds. The molecule has 0 saturated carbocycles. The molecule has 2 N–H and O–H groups in total. The van der Waals surface area contributed by atoms with Crippen LogP contribution in [0, 0.1) is 0 Å². The number of fused-ring (bicyclic) bond motifs is 3. The molecule has 0 bridgehead atoms. The monoisotopic (exact) mass is 466 g/mol. The first-order chi connectivity index (χ1) is 16.5. The number of hydrogen-bond donors (Lipinski definition) is 2. The fourth-order valence-corrected chi connectivity index (χ4v) is 4.66. The first kappa shape index (κ1) is 23.8. The highest BCUT2D eigenvalue weighted by Crippen LogP contribution is 2.44. The average Bonchev–Trinajstić information content (AvgIpc) is 3.10. The zero-order valence-corrected chi connectivity index (χ0v) is 19.2. The maximum Gasteiger partial charge on any atom is 0.407 e. The summed E-state index contributed by atoms with van der Waals surface area (Å²) in [4.78, 5) is 37.4. The van der Waals surface area contributed by atoms with Gasteiger partial charge in [0.1, 0.15) is 13.2 Å². The zero-order valence-electron chi connectivity index (χ0n) is 19.2. The van der Waals surface area contributed by atoms with Crippen LogP contribution in [0.15, 0.2) is 48.5 Å². The van der Waals surface area contributed by atoms with E-state index >= 15 is 0 Å². The van der Waals surface area contributed by atoms with Crippen molar-refractivity contribution in [1.29, 1.82) is 0 Å². The quantitative estimate of drug-likeness (QED) is 0.556. The normalized spacial score (nSPS) is 15.7. The molecule has 4 rings (SSSR count). The van der Waals surface area contributed by atoms with E-state index in [2.05, 4.69) is 29.6 Å². The number of benzene rings is 2. The van der Waals surface area contributed by atoms with Crippen LogP contribution in [0.2, 0.25) is 0 Å². The van der Waals surface area contributed by atoms with E-state index in [9.17, 15) is 14.4 Å². The van der Waals surface area contributed by atoms with Crippen LogP contribution in [0.25, 0.3) is 11.1 Å². The minimum atomic E-state index is -1.03. The summed E-state index contributed by atoms with van der Waals surface area (Å²) in [6.07, 6.45) is 0.859. The minimum absolute atomic E-state index is 0.0202. The molecule has 8 heteroatoms. The third-order valence-electron chi connectivity index (χ3n) is 6.37. The van der Waals surface area contributed by atoms with Gasteiger partial charge in [-0.05, 0) is 28.7 Å². The molecule has 1 aliphatic carbocycles. The molecule has 0 aromatic heterocycles. The molecule has 1 saturated heterocycles. The first-order valence-electron chi connectivity index (χ1n) is 11.7. The highest BCUT2D eigenvalue weighted by molar-refractivity contribution is 5.80. The van der Waals surface area contributed by atoms with Crippen LogP contribution in [0.4, 0.5) is 4.79 Å². The second-order valence-corrected chi connectivity index (χ2v) is 8.79. The van der Waals surface area contributed by atoms with E-state index in [1.54, 1.807) is 4.90 Å². The van der Waals surface area contributed by atoms with Gasteiger partial charge in [0.05, 0.1) is 6.10 Å². The average molecular weight is 467 g/mol. The first-order valence-corrected chi connectivity index (χ1v) is 11.7. The Kier molecular flexibility index (Phi) is 7.47. The van der Waals surface area contributed by atoms with Crippen molar-refractivity contribution in [2.45, 2.75) is 44.2 Å². The molecule has 1 atom stereocenters. The number of hydrogen-bond acceptors (Lipinski definition) is 5. The van der Waals surface area contributed by atoms with Gasteiger partial charge in [0.15, 0.2) is 0 Å². The van der Waals surface area contributed by atoms with E-state index in [4.69, 9.17) is 14.6 Å². The lowest BCUT2D eigenvalue weighted by Gasteiger charge is -2.39. The summed E-state index contributed by atoms with van der Waals surface area (Å²) in [7, 11) is 0. The minimum Gasteiger partial charge on any atom is -0.480 e. The molecular formula is C26H30N2O6. The van der Waals surface area contributed by atoms with Gasteiger partial charge in [0.25, 0.3) is 0 Å². The Bertz CT molecular complexity index is 1000. The number of nitrogens with zero attached hydrogens (tertiary/aromatic N) is 1. The molecule has 2 aromatic carbocycles. The molecular weight excluding hydrogens is 436 g/mol. The number of carboxylic acids is 1. The van der Waals surface area contributed by atoms with Crippen molar-refractivity contribution < 1.29 is 29.0 Å². The Labute approximate surface area is 198 Å². The van der Waals surface area contributed by atoms with Crippen LogP contribution in [0.3, 0.4) is 0 Å². The summed E-state index contributed by atoms with van der Waals surface area (Å²) < 4.78 is 10.8. The predicted octanol–water partition coefficient (Wildman–Crippen LogP) is 3.40. The number of carboxylic acid groups (broad SMARTS) is 1. The van der Waals surface area contributed by atoms with E-state index in [0.29, 0.717) is 19.5 Å². The Morgan fingerprint density at radius 2 is 1.68 bits per heavy atom. The highest BCUT2D eigenvalue weighted by Gasteiger charge is 2.33. The van der Waals surface area contributed by atoms with Crippen molar-refractivity contribution in [2.75, 3.05) is 26.3 Å². The van der Waals surface area contributed by atoms with Crippen molar-refractivity contribution in [1.82, 2.24) is 10.2 Å². The SMILES string of the molecule is CCC[C@H](CC(=O)N1CC(OCC(=O)O)C1)NC(=O)OCC1c2ccccc2-c2ccccc21. The van der Waals surface area contributed by atoms with Crippen LogP contribution in [-0.4, -0.2) is 66.4 Å². The fourth-order valence-electron chi connectivity index (χ4n) is 4.66. The fraction of sp³-hybridized carbons (Fsp3) is 0.423. The molecule has 1 aliphatic heterocycles. The molecule has 1 fully saturated rings. The van der Waals surface area contributed by atoms with Gasteiger partial charge in [-0.25, -0.2) is 9.59 Å². The Balaban J connectivity index is 1.28. The maximum absolute atomic E-state index is 12.6. The number of nitrogens with one attached hydrogen (secondary N) is 1. The molecule has 1 heterocycles. The molecule has 2 aliphatic rings. The standard InChI is InChI=1S/C26H30N2O6/c1-2-7-17(12-24(29)28-13-18(14-28)33-16-25(30)31)27-26(32)34-15-23-21-10-5-3-8-19(21)20-9-4-6-11-22(20)23/h3-6,8-11,17-18,23H,2,7,12-16H2,1H3,(H,27,32)(H,30,31)/t17-/m1/s1. The van der Waals surface area contributed by atoms with E-state index in [1.807, 2.05) is 31.2 Å². The summed E-state index contributed by atoms with van der Waals surface area (Å²) in [5.74, 6) is -1.14. The number of ether oxygens (including phenoxy) is 2. The Morgan fingerprint density at radius 3 is 2.26 bits per heavy atom. The maximum atomic E-state index is 12.6. The second kappa shape index (κ2) is 10.7. The van der Waals surface area contributed by atoms with Gasteiger partial charge in [-0.15, -0.1) is 0 Å². The number of carbonyl (C=O) groups excluding carboxylic acids is 2. The summed E-state index contributed by atoms with van der Waals surface area (Å²) >= 11 is 0. The zero-order chi connectivity index (χ0) is 24.1. The lowest BCUT2D eigenvalue weighted by Crippen LogP contribution is -2.56. The number of rotatable bonds is 10. The molecule has 0 spiro atoms. The number of amides is 2. The van der Waals surface area contributed by atoms with Crippen LogP contribution < -0.4 is 5.32 Å². The highest BCUT2D eigenvalue weighted by atomic mass is 16.5. The van der Waals surface area contributed by atoms with Crippen molar-refractivity contribution in [2.24, 2.45) is 0 Å². The molecule has 0 radical (unpaired) electrons. The van der Waals surface area contributed by atoms with Gasteiger partial charge in [-0.2, -0.15) is 0 Å². The second-order valence-electron chi connectivity index (χ2n) is 8.79. The number of alkyl carbamates (subject to hydrolysis) is 1. The van der Waals surface area contributed by atoms with Gasteiger partial charge in [0, 0.05) is 31.5 Å². The third-order valence-corrected chi connectivity index (χ3v) is 6.37. The van der Waals surface area contributed by atoms with Gasteiger partial charge in [0.2, 0.25) is 5.91 Å². The number of aliphatic carboxylic acids is 1. The van der Waals surface area contributed by atoms with Gasteiger partial charge >= 0.3 is 12.1 Å². The van der Waals surface area contributed by atoms with Crippen LogP contribution in [-0.2, 0) is 19.1 Å². The lowest BCUT2D eigenvalue weighted by atomic mass is 9.98. The van der Waals surface area contributed by atoms with Crippen LogP contribution >= 0.6 is 0 Å². The van der Waals surface area contributed by atoms with Crippen LogP contribution in [0.5, 0.6) is 0 Å². The smallest absolute Gasteiger partial charge is 0.407 e. The molecule has 0 unspecified atom stereocenters. The van der Waals surface area contributed by atoms with Crippen molar-refractivity contribution >= 4 is 18.0 Å². The van der Waals surface area contributed by atoms with E-state index in [0.717, 1.165) is 17.5 Å². The topological polar surface area (TPSA) is 105 Å². The third kappa shape index (κ3) is 5.39. The Morgan fingerprint density at radius 1 is 1.06 bits per heavy atom. The predicted molar refractivity (Wildman–Crippen MR) is 125 cm³/mol. The van der Waals surface area contributed by atoms with Crippen molar-refractivity contribution in [3.63, 3.8) is 0 Å². The number of likely N-dealkylation sites (tertiary alicyclic amines) is 1. The van der Waals surface area contributed by atoms with E-state index in [1.165, 1.54) is 11.1 Å². The lowest BCUT2D eigenvalue weighted by molar-refractivity contribution is -0.154. The molecule has 34 heavy (non-hydrogen) atoms. The number of carbonyl (C=O) groups is 3. The summed E-state index contributed by atoms with van der Waals surface area (Å²) in [6, 6.07) is 16.0. The van der Waals surface area contributed by atoms with Crippen LogP contribution in [0.1, 0.15) is 43.2 Å². The van der Waals surface area contributed by atoms with E-state index < -0.39 is 12.1 Å². The molecule has 8 nitrogen and oxygen atoms in total. The molecule has 180 valence electrons. The molecule has 2 aromatic rings. The van der Waals surface area contributed by atoms with Gasteiger partial charge in [-0.1, -0.05) is 61.9 Å². The van der Waals surface area contributed by atoms with Crippen molar-refractivity contribution in [3.05, 3.63) is 59.7 Å². The van der Waals surface area contributed by atoms with E-state index in [-0.39, 0.29) is 43.6 Å². The summed E-state index contributed by atoms with van der Waals surface area (Å²) in [5, 5.41) is 11.5. The summed E-state index contributed by atoms with van der Waals surface area (Å²) in [6.45, 7) is 2.60. The van der Waals surface area contributed by atoms with Gasteiger partial charge < -0.3 is 24.8 Å². The largest absolute Gasteiger partial charge is 0.480 e. The van der Waals surface area contributed by atoms with Gasteiger partial charge in [-0.3, -0.25) is 4.79 Å². The van der Waals surface area contributed by atoms with Crippen molar-refractivity contribution in [3.8, 4) is 11.1 Å². The summed E-state index contributed by atoms with van der Waals surface area (Å²) in [5.41, 5.74) is 4.63.